The van der Waals surface area contributed by atoms with Gasteiger partial charge in [-0.25, -0.2) is 9.97 Å². The van der Waals surface area contributed by atoms with Crippen LogP contribution in [0.3, 0.4) is 0 Å². The van der Waals surface area contributed by atoms with E-state index in [1.807, 2.05) is 11.0 Å². The Balaban J connectivity index is 1.46. The Kier molecular flexibility index (Phi) is 4.63. The molecule has 0 aliphatic carbocycles. The van der Waals surface area contributed by atoms with Crippen molar-refractivity contribution >= 4 is 11.9 Å². The SMILES string of the molecule is COCC1CC2(CCN(C(=O)c3ccco3)CC2)CN1c1ncccn1. The Bertz CT molecular complexity index is 727. The average Bonchev–Trinajstić information content (AvgIpc) is 3.32. The molecule has 2 aromatic rings. The molecule has 2 aromatic heterocycles. The van der Waals surface area contributed by atoms with Gasteiger partial charge in [0.1, 0.15) is 0 Å². The third-order valence-electron chi connectivity index (χ3n) is 5.63. The van der Waals surface area contributed by atoms with Gasteiger partial charge in [-0.3, -0.25) is 4.79 Å². The van der Waals surface area contributed by atoms with Gasteiger partial charge < -0.3 is 19.0 Å². The number of rotatable bonds is 4. The number of methoxy groups -OCH3 is 1. The summed E-state index contributed by atoms with van der Waals surface area (Å²) in [4.78, 5) is 25.5. The van der Waals surface area contributed by atoms with Crippen molar-refractivity contribution in [1.82, 2.24) is 14.9 Å². The summed E-state index contributed by atoms with van der Waals surface area (Å²) in [7, 11) is 1.74. The molecule has 1 atom stereocenters. The lowest BCUT2D eigenvalue weighted by atomic mass is 9.76. The maximum Gasteiger partial charge on any atom is 0.289 e. The third kappa shape index (κ3) is 3.19. The molecule has 0 N–H and O–H groups in total. The van der Waals surface area contributed by atoms with Crippen LogP contribution >= 0.6 is 0 Å². The predicted molar refractivity (Wildman–Crippen MR) is 95.9 cm³/mol. The summed E-state index contributed by atoms with van der Waals surface area (Å²) in [6.45, 7) is 3.08. The second-order valence-electron chi connectivity index (χ2n) is 7.26. The monoisotopic (exact) mass is 356 g/mol. The zero-order valence-electron chi connectivity index (χ0n) is 15.0. The maximum atomic E-state index is 12.5. The quantitative estimate of drug-likeness (QED) is 0.836. The number of nitrogens with zero attached hydrogens (tertiary/aromatic N) is 4. The fourth-order valence-corrected chi connectivity index (χ4v) is 4.28. The van der Waals surface area contributed by atoms with Gasteiger partial charge in [0.25, 0.3) is 5.91 Å². The molecule has 2 aliphatic rings. The largest absolute Gasteiger partial charge is 0.459 e. The van der Waals surface area contributed by atoms with E-state index in [2.05, 4.69) is 14.9 Å². The van der Waals surface area contributed by atoms with Crippen LogP contribution in [0, 0.1) is 5.41 Å². The number of amides is 1. The van der Waals surface area contributed by atoms with E-state index in [9.17, 15) is 4.79 Å². The first-order chi connectivity index (χ1) is 12.7. The number of furan rings is 1. The van der Waals surface area contributed by atoms with Crippen LogP contribution in [0.4, 0.5) is 5.95 Å². The Morgan fingerprint density at radius 2 is 2.08 bits per heavy atom. The first-order valence-electron chi connectivity index (χ1n) is 9.06. The summed E-state index contributed by atoms with van der Waals surface area (Å²) < 4.78 is 10.7. The number of piperidine rings is 1. The van der Waals surface area contributed by atoms with E-state index in [-0.39, 0.29) is 17.4 Å². The molecule has 1 unspecified atom stereocenters. The summed E-state index contributed by atoms with van der Waals surface area (Å²) in [5, 5.41) is 0. The molecule has 7 nitrogen and oxygen atoms in total. The zero-order chi connectivity index (χ0) is 18.0. The number of carbonyl (C=O) groups is 1. The van der Waals surface area contributed by atoms with Gasteiger partial charge in [0.05, 0.1) is 18.9 Å². The standard InChI is InChI=1S/C19H24N4O3/c1-25-13-15-12-19(14-23(15)18-20-7-3-8-21-18)5-9-22(10-6-19)17(24)16-4-2-11-26-16/h2-4,7-8,11,15H,5-6,9-10,12-14H2,1H3. The molecule has 0 radical (unpaired) electrons. The van der Waals surface area contributed by atoms with Crippen LogP contribution in [0.15, 0.2) is 41.3 Å². The molecule has 0 bridgehead atoms. The van der Waals surface area contributed by atoms with Crippen molar-refractivity contribution < 1.29 is 13.9 Å². The van der Waals surface area contributed by atoms with Crippen molar-refractivity contribution in [2.45, 2.75) is 25.3 Å². The molecule has 0 saturated carbocycles. The molecular weight excluding hydrogens is 332 g/mol. The fourth-order valence-electron chi connectivity index (χ4n) is 4.28. The topological polar surface area (TPSA) is 71.7 Å². The van der Waals surface area contributed by atoms with Gasteiger partial charge >= 0.3 is 0 Å². The van der Waals surface area contributed by atoms with Crippen LogP contribution in [0.25, 0.3) is 0 Å². The molecular formula is C19H24N4O3. The lowest BCUT2D eigenvalue weighted by molar-refractivity contribution is 0.0568. The first-order valence-corrected chi connectivity index (χ1v) is 9.06. The molecule has 4 heterocycles. The van der Waals surface area contributed by atoms with Gasteiger partial charge in [-0.2, -0.15) is 0 Å². The van der Waals surface area contributed by atoms with Crippen LogP contribution in [-0.4, -0.2) is 60.2 Å². The lowest BCUT2D eigenvalue weighted by Crippen LogP contribution is -2.44. The minimum Gasteiger partial charge on any atom is -0.459 e. The van der Waals surface area contributed by atoms with Crippen molar-refractivity contribution in [3.63, 3.8) is 0 Å². The van der Waals surface area contributed by atoms with Gasteiger partial charge in [-0.1, -0.05) is 0 Å². The van der Waals surface area contributed by atoms with E-state index in [1.165, 1.54) is 0 Å². The second-order valence-corrected chi connectivity index (χ2v) is 7.26. The number of hydrogen-bond donors (Lipinski definition) is 0. The Morgan fingerprint density at radius 3 is 2.73 bits per heavy atom. The minimum absolute atomic E-state index is 0.0143. The highest BCUT2D eigenvalue weighted by atomic mass is 16.5. The highest BCUT2D eigenvalue weighted by molar-refractivity contribution is 5.91. The van der Waals surface area contributed by atoms with Gasteiger partial charge in [-0.05, 0) is 42.9 Å². The van der Waals surface area contributed by atoms with Gasteiger partial charge in [0.2, 0.25) is 5.95 Å². The van der Waals surface area contributed by atoms with E-state index in [0.717, 1.165) is 44.8 Å². The van der Waals surface area contributed by atoms with Crippen molar-refractivity contribution in [3.05, 3.63) is 42.6 Å². The van der Waals surface area contributed by atoms with Crippen LogP contribution in [0.2, 0.25) is 0 Å². The lowest BCUT2D eigenvalue weighted by Gasteiger charge is -2.38. The maximum absolute atomic E-state index is 12.5. The molecule has 1 amide bonds. The number of ether oxygens (including phenoxy) is 1. The van der Waals surface area contributed by atoms with E-state index in [4.69, 9.17) is 9.15 Å². The Labute approximate surface area is 153 Å². The van der Waals surface area contributed by atoms with E-state index in [0.29, 0.717) is 12.4 Å². The molecule has 1 spiro atoms. The van der Waals surface area contributed by atoms with Crippen LogP contribution in [0.5, 0.6) is 0 Å². The number of aromatic nitrogens is 2. The van der Waals surface area contributed by atoms with Gasteiger partial charge in [0, 0.05) is 39.1 Å². The number of carbonyl (C=O) groups excluding carboxylic acids is 1. The summed E-state index contributed by atoms with van der Waals surface area (Å²) in [6.07, 6.45) is 8.10. The van der Waals surface area contributed by atoms with Crippen molar-refractivity contribution in [2.75, 3.05) is 38.3 Å². The molecule has 4 rings (SSSR count). The molecule has 7 heteroatoms. The van der Waals surface area contributed by atoms with E-state index in [1.54, 1.807) is 37.9 Å². The third-order valence-corrected chi connectivity index (χ3v) is 5.63. The smallest absolute Gasteiger partial charge is 0.289 e. The zero-order valence-corrected chi connectivity index (χ0v) is 15.0. The molecule has 2 saturated heterocycles. The fraction of sp³-hybridized carbons (Fsp3) is 0.526. The summed E-state index contributed by atoms with van der Waals surface area (Å²) >= 11 is 0. The Hall–Kier alpha value is -2.41. The average molecular weight is 356 g/mol. The molecule has 2 aliphatic heterocycles. The summed E-state index contributed by atoms with van der Waals surface area (Å²) in [5.74, 6) is 1.17. The van der Waals surface area contributed by atoms with Crippen molar-refractivity contribution in [3.8, 4) is 0 Å². The molecule has 2 fully saturated rings. The second kappa shape index (κ2) is 7.07. The first kappa shape index (κ1) is 17.0. The Morgan fingerprint density at radius 1 is 1.31 bits per heavy atom. The normalized spacial score (nSPS) is 22.1. The highest BCUT2D eigenvalue weighted by Gasteiger charge is 2.47. The van der Waals surface area contributed by atoms with Crippen LogP contribution in [-0.2, 0) is 4.74 Å². The summed E-state index contributed by atoms with van der Waals surface area (Å²) in [6, 6.07) is 5.59. The number of likely N-dealkylation sites (tertiary alicyclic amines) is 1. The predicted octanol–water partition coefficient (Wildman–Crippen LogP) is 2.22. The molecule has 0 aromatic carbocycles. The summed E-state index contributed by atoms with van der Waals surface area (Å²) in [5.41, 5.74) is 0.183. The van der Waals surface area contributed by atoms with Gasteiger partial charge in [-0.15, -0.1) is 0 Å². The van der Waals surface area contributed by atoms with E-state index < -0.39 is 0 Å². The number of anilines is 1. The van der Waals surface area contributed by atoms with E-state index >= 15 is 0 Å². The van der Waals surface area contributed by atoms with Gasteiger partial charge in [0.15, 0.2) is 5.76 Å². The van der Waals surface area contributed by atoms with Crippen LogP contribution < -0.4 is 4.90 Å². The van der Waals surface area contributed by atoms with Crippen LogP contribution in [0.1, 0.15) is 29.8 Å². The van der Waals surface area contributed by atoms with Crippen molar-refractivity contribution in [1.29, 1.82) is 0 Å². The highest BCUT2D eigenvalue weighted by Crippen LogP contribution is 2.44. The minimum atomic E-state index is -0.0143. The number of hydrogen-bond acceptors (Lipinski definition) is 6. The van der Waals surface area contributed by atoms with Crippen molar-refractivity contribution in [2.24, 2.45) is 5.41 Å². The molecule has 138 valence electrons. The molecule has 26 heavy (non-hydrogen) atoms.